The molecule has 0 spiro atoms. The lowest BCUT2D eigenvalue weighted by molar-refractivity contribution is -0.757. The first-order valence-electron chi connectivity index (χ1n) is 2.95. The first-order valence-corrected chi connectivity index (χ1v) is 2.95. The molecule has 0 aromatic rings. The van der Waals surface area contributed by atoms with E-state index in [0.717, 1.165) is 0 Å². The number of nitrogens with one attached hydrogen (secondary N) is 1. The van der Waals surface area contributed by atoms with Crippen molar-refractivity contribution in [1.29, 1.82) is 0 Å². The summed E-state index contributed by atoms with van der Waals surface area (Å²) in [4.78, 5) is 13.6. The zero-order valence-corrected chi connectivity index (χ0v) is 5.58. The summed E-state index contributed by atoms with van der Waals surface area (Å²) in [5.41, 5.74) is 5.13. The van der Waals surface area contributed by atoms with E-state index >= 15 is 0 Å². The summed E-state index contributed by atoms with van der Waals surface area (Å²) in [6.07, 6.45) is 0. The van der Waals surface area contributed by atoms with Crippen LogP contribution in [0.3, 0.4) is 0 Å². The average molecular weight is 149 g/mol. The monoisotopic (exact) mass is 149 g/mol. The molecular weight excluding hydrogens is 138 g/mol. The van der Waals surface area contributed by atoms with E-state index in [1.54, 1.807) is 0 Å². The minimum atomic E-state index is -0.815. The molecule has 0 unspecified atom stereocenters. The molecule has 0 aliphatic rings. The minimum absolute atomic E-state index is 0.0764. The summed E-state index contributed by atoms with van der Waals surface area (Å²) in [6, 6.07) is 0. The topological polar surface area (TPSA) is 90.4 Å². The molecule has 0 bridgehead atoms. The van der Waals surface area contributed by atoms with Crippen LogP contribution in [-0.4, -0.2) is 31.3 Å². The van der Waals surface area contributed by atoms with E-state index in [2.05, 4.69) is 10.2 Å². The van der Waals surface area contributed by atoms with E-state index in [-0.39, 0.29) is 6.61 Å². The Morgan fingerprint density at radius 3 is 2.80 bits per heavy atom. The average Bonchev–Trinajstić information content (AvgIpc) is 1.87. The highest BCUT2D eigenvalue weighted by molar-refractivity contribution is 4.43. The van der Waals surface area contributed by atoms with Crippen LogP contribution in [0.2, 0.25) is 0 Å². The summed E-state index contributed by atoms with van der Waals surface area (Å²) in [6.45, 7) is 1.71. The summed E-state index contributed by atoms with van der Waals surface area (Å²) < 4.78 is 0. The predicted octanol–water partition coefficient (Wildman–Crippen LogP) is -1.26. The zero-order chi connectivity index (χ0) is 7.82. The Bertz CT molecular complexity index is 97.7. The van der Waals surface area contributed by atoms with Crippen LogP contribution in [0.15, 0.2) is 0 Å². The van der Waals surface area contributed by atoms with Gasteiger partial charge in [-0.1, -0.05) is 0 Å². The Kier molecular flexibility index (Phi) is 5.69. The van der Waals surface area contributed by atoms with Crippen molar-refractivity contribution in [2.24, 2.45) is 5.73 Å². The molecule has 0 aliphatic carbocycles. The van der Waals surface area contributed by atoms with Gasteiger partial charge < -0.3 is 15.9 Å². The second-order valence-electron chi connectivity index (χ2n) is 1.60. The van der Waals surface area contributed by atoms with Crippen LogP contribution in [0.4, 0.5) is 0 Å². The second-order valence-corrected chi connectivity index (χ2v) is 1.60. The Labute approximate surface area is 58.4 Å². The molecule has 10 heavy (non-hydrogen) atoms. The van der Waals surface area contributed by atoms with Crippen LogP contribution in [0.25, 0.3) is 0 Å². The summed E-state index contributed by atoms with van der Waals surface area (Å²) in [7, 11) is 0. The fourth-order valence-electron chi connectivity index (χ4n) is 0.419. The van der Waals surface area contributed by atoms with Gasteiger partial charge in [0.25, 0.3) is 5.09 Å². The van der Waals surface area contributed by atoms with Crippen molar-refractivity contribution in [2.75, 3.05) is 26.2 Å². The van der Waals surface area contributed by atoms with E-state index in [4.69, 9.17) is 5.73 Å². The van der Waals surface area contributed by atoms with E-state index < -0.39 is 5.09 Å². The Balaban J connectivity index is 2.84. The van der Waals surface area contributed by atoms with E-state index in [1.807, 2.05) is 0 Å². The third-order valence-corrected chi connectivity index (χ3v) is 0.797. The SMILES string of the molecule is NCCNCCO[N+](=O)[O-]. The van der Waals surface area contributed by atoms with Crippen molar-refractivity contribution >= 4 is 0 Å². The fourth-order valence-corrected chi connectivity index (χ4v) is 0.419. The molecule has 0 atom stereocenters. The van der Waals surface area contributed by atoms with Gasteiger partial charge in [0.1, 0.15) is 6.61 Å². The van der Waals surface area contributed by atoms with Gasteiger partial charge in [0, 0.05) is 19.6 Å². The maximum atomic E-state index is 9.56. The molecular formula is C4H11N3O3. The minimum Gasteiger partial charge on any atom is -0.329 e. The van der Waals surface area contributed by atoms with Gasteiger partial charge in [-0.15, -0.1) is 10.1 Å². The highest BCUT2D eigenvalue weighted by Gasteiger charge is 1.91. The maximum Gasteiger partial charge on any atom is 0.294 e. The maximum absolute atomic E-state index is 9.56. The molecule has 0 rings (SSSR count). The normalized spacial score (nSPS) is 9.30. The first kappa shape index (κ1) is 9.12. The fraction of sp³-hybridized carbons (Fsp3) is 1.00. The van der Waals surface area contributed by atoms with Crippen LogP contribution >= 0.6 is 0 Å². The van der Waals surface area contributed by atoms with E-state index in [1.165, 1.54) is 0 Å². The smallest absolute Gasteiger partial charge is 0.294 e. The van der Waals surface area contributed by atoms with Gasteiger partial charge in [0.15, 0.2) is 0 Å². The van der Waals surface area contributed by atoms with Crippen molar-refractivity contribution < 1.29 is 9.92 Å². The van der Waals surface area contributed by atoms with Gasteiger partial charge in [-0.3, -0.25) is 0 Å². The number of nitrogens with two attached hydrogens (primary N) is 1. The summed E-state index contributed by atoms with van der Waals surface area (Å²) in [5.74, 6) is 0. The molecule has 0 amide bonds. The second kappa shape index (κ2) is 6.24. The third-order valence-electron chi connectivity index (χ3n) is 0.797. The van der Waals surface area contributed by atoms with Crippen LogP contribution in [0.5, 0.6) is 0 Å². The molecule has 0 saturated heterocycles. The van der Waals surface area contributed by atoms with Gasteiger partial charge in [0.2, 0.25) is 0 Å². The quantitative estimate of drug-likeness (QED) is 0.279. The molecule has 6 nitrogen and oxygen atoms in total. The molecule has 0 aromatic heterocycles. The molecule has 0 fully saturated rings. The number of rotatable bonds is 6. The standard InChI is InChI=1S/C4H11N3O3/c5-1-2-6-3-4-10-7(8)9/h6H,1-5H2. The van der Waals surface area contributed by atoms with Crippen molar-refractivity contribution in [3.63, 3.8) is 0 Å². The third kappa shape index (κ3) is 7.12. The Morgan fingerprint density at radius 1 is 1.60 bits per heavy atom. The van der Waals surface area contributed by atoms with Crippen molar-refractivity contribution in [2.45, 2.75) is 0 Å². The molecule has 6 heteroatoms. The highest BCUT2D eigenvalue weighted by Crippen LogP contribution is 1.70. The Hall–Kier alpha value is -0.880. The number of nitrogens with zero attached hydrogens (tertiary/aromatic N) is 1. The van der Waals surface area contributed by atoms with Crippen LogP contribution in [-0.2, 0) is 4.84 Å². The predicted molar refractivity (Wildman–Crippen MR) is 34.9 cm³/mol. The Morgan fingerprint density at radius 2 is 2.30 bits per heavy atom. The molecule has 0 heterocycles. The molecule has 3 N–H and O–H groups in total. The summed E-state index contributed by atoms with van der Waals surface area (Å²) in [5, 5.41) is 11.6. The zero-order valence-electron chi connectivity index (χ0n) is 5.58. The van der Waals surface area contributed by atoms with E-state index in [9.17, 15) is 10.1 Å². The van der Waals surface area contributed by atoms with Crippen LogP contribution in [0.1, 0.15) is 0 Å². The van der Waals surface area contributed by atoms with Crippen molar-refractivity contribution in [1.82, 2.24) is 5.32 Å². The van der Waals surface area contributed by atoms with Gasteiger partial charge >= 0.3 is 0 Å². The molecule has 0 aliphatic heterocycles. The van der Waals surface area contributed by atoms with Gasteiger partial charge in [-0.25, -0.2) is 0 Å². The lowest BCUT2D eigenvalue weighted by Gasteiger charge is -1.99. The lowest BCUT2D eigenvalue weighted by atomic mass is 10.6. The largest absolute Gasteiger partial charge is 0.329 e. The molecule has 0 aromatic carbocycles. The molecule has 0 radical (unpaired) electrons. The first-order chi connectivity index (χ1) is 4.77. The van der Waals surface area contributed by atoms with Crippen LogP contribution < -0.4 is 11.1 Å². The lowest BCUT2D eigenvalue weighted by Crippen LogP contribution is -2.26. The molecule has 60 valence electrons. The van der Waals surface area contributed by atoms with Gasteiger partial charge in [-0.05, 0) is 0 Å². The number of hydrogen-bond donors (Lipinski definition) is 2. The number of hydrogen-bond acceptors (Lipinski definition) is 5. The van der Waals surface area contributed by atoms with Crippen LogP contribution in [0, 0.1) is 10.1 Å². The van der Waals surface area contributed by atoms with Gasteiger partial charge in [0.05, 0.1) is 0 Å². The highest BCUT2D eigenvalue weighted by atomic mass is 16.9. The summed E-state index contributed by atoms with van der Waals surface area (Å²) >= 11 is 0. The van der Waals surface area contributed by atoms with Gasteiger partial charge in [-0.2, -0.15) is 0 Å². The van der Waals surface area contributed by atoms with Crippen molar-refractivity contribution in [3.05, 3.63) is 10.1 Å². The van der Waals surface area contributed by atoms with E-state index in [0.29, 0.717) is 19.6 Å². The molecule has 0 saturated carbocycles. The van der Waals surface area contributed by atoms with Crippen molar-refractivity contribution in [3.8, 4) is 0 Å².